The number of aliphatic hydroxyl groups excluding tert-OH is 1. The average molecular weight is 687 g/mol. The van der Waals surface area contributed by atoms with Crippen LogP contribution in [-0.4, -0.2) is 94.0 Å². The van der Waals surface area contributed by atoms with Gasteiger partial charge in [-0.1, -0.05) is 32.0 Å². The first kappa shape index (κ1) is 36.0. The topological polar surface area (TPSA) is 194 Å². The lowest BCUT2D eigenvalue weighted by molar-refractivity contribution is -0.362. The zero-order chi connectivity index (χ0) is 36.1. The molecule has 2 aliphatic carbocycles. The van der Waals surface area contributed by atoms with Crippen LogP contribution in [0.2, 0.25) is 0 Å². The number of furan rings is 1. The van der Waals surface area contributed by atoms with Gasteiger partial charge in [-0.3, -0.25) is 14.4 Å². The van der Waals surface area contributed by atoms with Gasteiger partial charge in [-0.25, -0.2) is 9.59 Å². The SMILES string of the molecule is CC(=O)O[C@H]1C[C@](C)(O)C23OC(C)(C)C(C2O)[C@H](OC(=O)c2ccco2)[C@@H](OC(=O)c2ccccc2)[C@]3(COC(=O)C(C)C)[C@H]1OC(C)=O. The Kier molecular flexibility index (Phi) is 9.47. The van der Waals surface area contributed by atoms with Crippen molar-refractivity contribution >= 4 is 29.8 Å². The molecule has 2 heterocycles. The van der Waals surface area contributed by atoms with Gasteiger partial charge in [-0.15, -0.1) is 0 Å². The Morgan fingerprint density at radius 3 is 2.10 bits per heavy atom. The molecule has 1 aromatic carbocycles. The molecular weight excluding hydrogens is 644 g/mol. The van der Waals surface area contributed by atoms with Gasteiger partial charge in [0.1, 0.15) is 29.8 Å². The maximum absolute atomic E-state index is 14.0. The summed E-state index contributed by atoms with van der Waals surface area (Å²) in [6.45, 7) is 9.02. The Hall–Kier alpha value is -4.27. The predicted molar refractivity (Wildman–Crippen MR) is 166 cm³/mol. The Morgan fingerprint density at radius 2 is 1.53 bits per heavy atom. The molecule has 1 saturated heterocycles. The molecule has 2 saturated carbocycles. The van der Waals surface area contributed by atoms with Crippen molar-refractivity contribution in [3.8, 4) is 0 Å². The number of carbonyl (C=O) groups excluding carboxylic acids is 5. The number of ether oxygens (including phenoxy) is 6. The molecule has 0 radical (unpaired) electrons. The van der Waals surface area contributed by atoms with E-state index in [1.165, 1.54) is 37.5 Å². The van der Waals surface area contributed by atoms with Crippen molar-refractivity contribution in [2.24, 2.45) is 17.3 Å². The van der Waals surface area contributed by atoms with E-state index in [-0.39, 0.29) is 11.3 Å². The lowest BCUT2D eigenvalue weighted by Gasteiger charge is -2.66. The first-order valence-corrected chi connectivity index (χ1v) is 16.0. The van der Waals surface area contributed by atoms with Crippen LogP contribution in [0.25, 0.3) is 0 Å². The van der Waals surface area contributed by atoms with Crippen molar-refractivity contribution in [1.82, 2.24) is 0 Å². The molecule has 3 unspecified atom stereocenters. The summed E-state index contributed by atoms with van der Waals surface area (Å²) in [5.74, 6) is -6.50. The zero-order valence-corrected chi connectivity index (χ0v) is 28.4. The standard InChI is InChI=1S/C35H42O14/c1-18(2)29(39)44-17-34-27(46-20(4)37)23(45-19(3)36)16-33(7,42)35(34)26(38)24(32(5,6)49-35)25(47-31(41)22-14-11-15-43-22)28(34)48-30(40)21-12-9-8-10-13-21/h8-15,18,23-28,38,42H,16-17H2,1-7H3/t23-,24?,25-,26?,27-,28+,33-,34-,35?/m0/s1. The fourth-order valence-corrected chi connectivity index (χ4v) is 8.05. The highest BCUT2D eigenvalue weighted by atomic mass is 16.6. The molecular formula is C35H42O14. The lowest BCUT2D eigenvalue weighted by Crippen LogP contribution is -2.85. The summed E-state index contributed by atoms with van der Waals surface area (Å²) >= 11 is 0. The van der Waals surface area contributed by atoms with E-state index in [1.807, 2.05) is 0 Å². The maximum Gasteiger partial charge on any atom is 0.374 e. The molecule has 5 rings (SSSR count). The van der Waals surface area contributed by atoms with Crippen LogP contribution in [0.5, 0.6) is 0 Å². The number of aliphatic hydroxyl groups is 2. The normalized spacial score (nSPS) is 34.3. The molecule has 2 bridgehead atoms. The van der Waals surface area contributed by atoms with Crippen LogP contribution in [0, 0.1) is 17.3 Å². The summed E-state index contributed by atoms with van der Waals surface area (Å²) in [5.41, 5.74) is -8.10. The molecule has 3 fully saturated rings. The molecule has 1 spiro atoms. The molecule has 14 heteroatoms. The molecule has 3 aliphatic rings. The number of benzene rings is 1. The van der Waals surface area contributed by atoms with E-state index < -0.39 is 107 Å². The van der Waals surface area contributed by atoms with Crippen molar-refractivity contribution in [2.45, 2.75) is 102 Å². The molecule has 0 amide bonds. The number of fused-ring (bicyclic) bond motifs is 1. The van der Waals surface area contributed by atoms with E-state index in [0.29, 0.717) is 0 Å². The second kappa shape index (κ2) is 12.9. The maximum atomic E-state index is 14.0. The van der Waals surface area contributed by atoms with Gasteiger partial charge >= 0.3 is 29.8 Å². The molecule has 266 valence electrons. The highest BCUT2D eigenvalue weighted by Gasteiger charge is 2.88. The average Bonchev–Trinajstić information content (AvgIpc) is 3.61. The Labute approximate surface area is 282 Å². The minimum absolute atomic E-state index is 0.0729. The molecule has 49 heavy (non-hydrogen) atoms. The van der Waals surface area contributed by atoms with E-state index in [2.05, 4.69) is 0 Å². The second-order valence-electron chi connectivity index (χ2n) is 13.9. The van der Waals surface area contributed by atoms with Gasteiger partial charge in [0.25, 0.3) is 0 Å². The van der Waals surface area contributed by atoms with Crippen molar-refractivity contribution in [3.63, 3.8) is 0 Å². The van der Waals surface area contributed by atoms with Crippen LogP contribution in [-0.2, 0) is 42.8 Å². The van der Waals surface area contributed by atoms with Gasteiger partial charge in [-0.2, -0.15) is 0 Å². The van der Waals surface area contributed by atoms with Gasteiger partial charge in [-0.05, 0) is 45.0 Å². The Bertz CT molecular complexity index is 1580. The van der Waals surface area contributed by atoms with Crippen LogP contribution >= 0.6 is 0 Å². The largest absolute Gasteiger partial charge is 0.464 e. The minimum Gasteiger partial charge on any atom is -0.464 e. The van der Waals surface area contributed by atoms with E-state index in [4.69, 9.17) is 32.8 Å². The van der Waals surface area contributed by atoms with Crippen LogP contribution in [0.4, 0.5) is 0 Å². The van der Waals surface area contributed by atoms with Crippen molar-refractivity contribution in [3.05, 3.63) is 60.1 Å². The van der Waals surface area contributed by atoms with Crippen LogP contribution in [0.1, 0.15) is 75.8 Å². The summed E-state index contributed by atoms with van der Waals surface area (Å²) in [6, 6.07) is 10.6. The van der Waals surface area contributed by atoms with E-state index in [1.54, 1.807) is 45.9 Å². The minimum atomic E-state index is -2.30. The van der Waals surface area contributed by atoms with Gasteiger partial charge < -0.3 is 43.1 Å². The molecule has 2 N–H and O–H groups in total. The number of rotatable bonds is 9. The van der Waals surface area contributed by atoms with E-state index in [9.17, 15) is 34.2 Å². The Balaban J connectivity index is 1.85. The van der Waals surface area contributed by atoms with Crippen LogP contribution < -0.4 is 0 Å². The number of hydrogen-bond acceptors (Lipinski definition) is 14. The highest BCUT2D eigenvalue weighted by Crippen LogP contribution is 2.69. The smallest absolute Gasteiger partial charge is 0.374 e. The fraction of sp³-hybridized carbons (Fsp3) is 0.571. The fourth-order valence-electron chi connectivity index (χ4n) is 8.05. The first-order valence-electron chi connectivity index (χ1n) is 16.0. The van der Waals surface area contributed by atoms with Crippen LogP contribution in [0.3, 0.4) is 0 Å². The third-order valence-electron chi connectivity index (χ3n) is 9.82. The van der Waals surface area contributed by atoms with Gasteiger partial charge in [0.15, 0.2) is 12.2 Å². The highest BCUT2D eigenvalue weighted by molar-refractivity contribution is 5.90. The summed E-state index contributed by atoms with van der Waals surface area (Å²) < 4.78 is 41.8. The summed E-state index contributed by atoms with van der Waals surface area (Å²) in [5, 5.41) is 25.0. The monoisotopic (exact) mass is 686 g/mol. The summed E-state index contributed by atoms with van der Waals surface area (Å²) in [6.07, 6.45) is -7.50. The van der Waals surface area contributed by atoms with E-state index >= 15 is 0 Å². The quantitative estimate of drug-likeness (QED) is 0.289. The van der Waals surface area contributed by atoms with Crippen molar-refractivity contribution < 1.29 is 67.0 Å². The molecule has 14 nitrogen and oxygen atoms in total. The summed E-state index contributed by atoms with van der Waals surface area (Å²) in [4.78, 5) is 66.2. The zero-order valence-electron chi connectivity index (χ0n) is 28.4. The van der Waals surface area contributed by atoms with E-state index in [0.717, 1.165) is 13.8 Å². The van der Waals surface area contributed by atoms with Gasteiger partial charge in [0.2, 0.25) is 5.76 Å². The third kappa shape index (κ3) is 5.89. The second-order valence-corrected chi connectivity index (χ2v) is 13.9. The number of esters is 5. The molecule has 9 atom stereocenters. The first-order chi connectivity index (χ1) is 22.9. The van der Waals surface area contributed by atoms with Crippen molar-refractivity contribution in [1.29, 1.82) is 0 Å². The number of carbonyl (C=O) groups is 5. The van der Waals surface area contributed by atoms with Gasteiger partial charge in [0.05, 0.1) is 41.0 Å². The van der Waals surface area contributed by atoms with Crippen molar-refractivity contribution in [2.75, 3.05) is 6.61 Å². The predicted octanol–water partition coefficient (Wildman–Crippen LogP) is 2.77. The molecule has 1 aliphatic heterocycles. The lowest BCUT2D eigenvalue weighted by atomic mass is 9.45. The third-order valence-corrected chi connectivity index (χ3v) is 9.82. The Morgan fingerprint density at radius 1 is 0.878 bits per heavy atom. The molecule has 1 aromatic heterocycles. The molecule has 2 aromatic rings. The summed E-state index contributed by atoms with van der Waals surface area (Å²) in [7, 11) is 0. The number of hydrogen-bond donors (Lipinski definition) is 2. The van der Waals surface area contributed by atoms with Crippen LogP contribution in [0.15, 0.2) is 53.1 Å². The van der Waals surface area contributed by atoms with Gasteiger partial charge in [0, 0.05) is 20.3 Å².